The Bertz CT molecular complexity index is 563. The molecule has 2 aliphatic heterocycles. The lowest BCUT2D eigenvalue weighted by Crippen LogP contribution is -2.36. The number of nitrogens with zero attached hydrogens (tertiary/aromatic N) is 2. The fourth-order valence-corrected chi connectivity index (χ4v) is 3.16. The first-order chi connectivity index (χ1) is 9.46. The molecule has 3 nitrogen and oxygen atoms in total. The van der Waals surface area contributed by atoms with Gasteiger partial charge in [0.25, 0.3) is 0 Å². The molecule has 2 saturated heterocycles. The van der Waals surface area contributed by atoms with Crippen molar-refractivity contribution < 1.29 is 13.6 Å². The van der Waals surface area contributed by atoms with Crippen LogP contribution in [0.2, 0.25) is 0 Å². The zero-order valence-corrected chi connectivity index (χ0v) is 11.7. The lowest BCUT2D eigenvalue weighted by Gasteiger charge is -2.26. The molecule has 1 aromatic carbocycles. The molecule has 0 radical (unpaired) electrons. The molecule has 1 aromatic rings. The highest BCUT2D eigenvalue weighted by Gasteiger charge is 2.51. The summed E-state index contributed by atoms with van der Waals surface area (Å²) in [6.07, 6.45) is 1.54. The normalized spacial score (nSPS) is 30.1. The number of hydrazine groups is 1. The SMILES string of the molecule is CC[C@]1(C)CN2CC[C@H](c3ccc(F)c(F)c3)N2C1=O. The topological polar surface area (TPSA) is 23.6 Å². The molecule has 0 aliphatic carbocycles. The van der Waals surface area contributed by atoms with Crippen LogP contribution in [0.15, 0.2) is 18.2 Å². The van der Waals surface area contributed by atoms with Gasteiger partial charge in [0, 0.05) is 13.1 Å². The van der Waals surface area contributed by atoms with E-state index in [1.807, 2.05) is 18.9 Å². The highest BCUT2D eigenvalue weighted by atomic mass is 19.2. The Kier molecular flexibility index (Phi) is 3.05. The van der Waals surface area contributed by atoms with Gasteiger partial charge in [0.2, 0.25) is 5.91 Å². The van der Waals surface area contributed by atoms with Crippen LogP contribution in [0.4, 0.5) is 8.78 Å². The Morgan fingerprint density at radius 1 is 1.35 bits per heavy atom. The van der Waals surface area contributed by atoms with Gasteiger partial charge in [0.05, 0.1) is 11.5 Å². The minimum absolute atomic E-state index is 0.0900. The van der Waals surface area contributed by atoms with Crippen LogP contribution in [0, 0.1) is 17.0 Å². The molecule has 108 valence electrons. The molecule has 2 aliphatic rings. The fourth-order valence-electron chi connectivity index (χ4n) is 3.16. The van der Waals surface area contributed by atoms with E-state index in [4.69, 9.17) is 0 Å². The van der Waals surface area contributed by atoms with Crippen molar-refractivity contribution in [3.8, 4) is 0 Å². The Labute approximate surface area is 117 Å². The van der Waals surface area contributed by atoms with Gasteiger partial charge in [0.15, 0.2) is 11.6 Å². The van der Waals surface area contributed by atoms with Crippen molar-refractivity contribution in [1.82, 2.24) is 10.0 Å². The molecule has 20 heavy (non-hydrogen) atoms. The summed E-state index contributed by atoms with van der Waals surface area (Å²) in [6.45, 7) is 5.47. The lowest BCUT2D eigenvalue weighted by molar-refractivity contribution is -0.142. The molecular weight excluding hydrogens is 262 g/mol. The average molecular weight is 280 g/mol. The van der Waals surface area contributed by atoms with Crippen LogP contribution in [0.1, 0.15) is 38.3 Å². The number of halogens is 2. The second kappa shape index (κ2) is 4.52. The van der Waals surface area contributed by atoms with Gasteiger partial charge >= 0.3 is 0 Å². The van der Waals surface area contributed by atoms with Gasteiger partial charge in [-0.1, -0.05) is 13.0 Å². The van der Waals surface area contributed by atoms with E-state index >= 15 is 0 Å². The molecule has 2 fully saturated rings. The van der Waals surface area contributed by atoms with Crippen molar-refractivity contribution >= 4 is 5.91 Å². The van der Waals surface area contributed by atoms with Crippen LogP contribution in [0.3, 0.4) is 0 Å². The molecule has 5 heteroatoms. The number of fused-ring (bicyclic) bond motifs is 1. The smallest absolute Gasteiger partial charge is 0.244 e. The first-order valence-electron chi connectivity index (χ1n) is 7.00. The fraction of sp³-hybridized carbons (Fsp3) is 0.533. The van der Waals surface area contributed by atoms with Crippen molar-refractivity contribution in [2.75, 3.05) is 13.1 Å². The highest BCUT2D eigenvalue weighted by Crippen LogP contribution is 2.43. The number of benzene rings is 1. The zero-order chi connectivity index (χ0) is 14.5. The van der Waals surface area contributed by atoms with Gasteiger partial charge in [-0.2, -0.15) is 0 Å². The quantitative estimate of drug-likeness (QED) is 0.831. The summed E-state index contributed by atoms with van der Waals surface area (Å²) in [7, 11) is 0. The molecule has 1 amide bonds. The van der Waals surface area contributed by atoms with Crippen LogP contribution >= 0.6 is 0 Å². The monoisotopic (exact) mass is 280 g/mol. The summed E-state index contributed by atoms with van der Waals surface area (Å²) in [6, 6.07) is 3.73. The number of amides is 1. The number of hydrogen-bond donors (Lipinski definition) is 0. The highest BCUT2D eigenvalue weighted by molar-refractivity contribution is 5.84. The maximum Gasteiger partial charge on any atom is 0.244 e. The summed E-state index contributed by atoms with van der Waals surface area (Å²) in [5.74, 6) is -1.62. The third-order valence-electron chi connectivity index (χ3n) is 4.63. The van der Waals surface area contributed by atoms with Crippen LogP contribution in [-0.4, -0.2) is 29.0 Å². The van der Waals surface area contributed by atoms with Gasteiger partial charge in [-0.05, 0) is 37.5 Å². The summed E-state index contributed by atoms with van der Waals surface area (Å²) in [4.78, 5) is 12.6. The lowest BCUT2D eigenvalue weighted by atomic mass is 9.87. The molecule has 0 unspecified atom stereocenters. The summed E-state index contributed by atoms with van der Waals surface area (Å²) < 4.78 is 26.4. The van der Waals surface area contributed by atoms with E-state index in [0.717, 1.165) is 25.5 Å². The summed E-state index contributed by atoms with van der Waals surface area (Å²) >= 11 is 0. The van der Waals surface area contributed by atoms with Crippen molar-refractivity contribution in [2.45, 2.75) is 32.7 Å². The maximum atomic E-state index is 13.4. The van der Waals surface area contributed by atoms with Gasteiger partial charge in [0.1, 0.15) is 0 Å². The predicted molar refractivity (Wildman–Crippen MR) is 70.5 cm³/mol. The third kappa shape index (κ3) is 1.84. The van der Waals surface area contributed by atoms with E-state index in [1.54, 1.807) is 11.1 Å². The Morgan fingerprint density at radius 2 is 2.10 bits per heavy atom. The molecule has 0 aromatic heterocycles. The van der Waals surface area contributed by atoms with E-state index in [0.29, 0.717) is 12.1 Å². The summed E-state index contributed by atoms with van der Waals surface area (Å²) in [5.41, 5.74) is 0.303. The van der Waals surface area contributed by atoms with E-state index in [9.17, 15) is 13.6 Å². The number of carbonyl (C=O) groups excluding carboxylic acids is 1. The van der Waals surface area contributed by atoms with Gasteiger partial charge in [-0.25, -0.2) is 13.8 Å². The van der Waals surface area contributed by atoms with Gasteiger partial charge in [-0.3, -0.25) is 9.80 Å². The van der Waals surface area contributed by atoms with Gasteiger partial charge < -0.3 is 0 Å². The number of rotatable bonds is 2. The van der Waals surface area contributed by atoms with Crippen molar-refractivity contribution in [2.24, 2.45) is 5.41 Å². The molecule has 2 heterocycles. The van der Waals surface area contributed by atoms with E-state index < -0.39 is 11.6 Å². The Morgan fingerprint density at radius 3 is 2.75 bits per heavy atom. The van der Waals surface area contributed by atoms with E-state index in [2.05, 4.69) is 0 Å². The van der Waals surface area contributed by atoms with Crippen LogP contribution in [-0.2, 0) is 4.79 Å². The van der Waals surface area contributed by atoms with Crippen molar-refractivity contribution in [1.29, 1.82) is 0 Å². The minimum atomic E-state index is -0.856. The van der Waals surface area contributed by atoms with E-state index in [1.165, 1.54) is 6.07 Å². The second-order valence-corrected chi connectivity index (χ2v) is 5.93. The van der Waals surface area contributed by atoms with E-state index in [-0.39, 0.29) is 17.4 Å². The molecule has 0 N–H and O–H groups in total. The third-order valence-corrected chi connectivity index (χ3v) is 4.63. The van der Waals surface area contributed by atoms with Crippen LogP contribution < -0.4 is 0 Å². The Hall–Kier alpha value is -1.49. The molecule has 2 atom stereocenters. The largest absolute Gasteiger partial charge is 0.273 e. The number of carbonyl (C=O) groups is 1. The molecule has 0 bridgehead atoms. The number of hydrogen-bond acceptors (Lipinski definition) is 2. The van der Waals surface area contributed by atoms with Crippen molar-refractivity contribution in [3.63, 3.8) is 0 Å². The summed E-state index contributed by atoms with van der Waals surface area (Å²) in [5, 5.41) is 3.79. The zero-order valence-electron chi connectivity index (χ0n) is 11.7. The van der Waals surface area contributed by atoms with Crippen LogP contribution in [0.5, 0.6) is 0 Å². The minimum Gasteiger partial charge on any atom is -0.273 e. The average Bonchev–Trinajstić information content (AvgIpc) is 2.93. The first-order valence-corrected chi connectivity index (χ1v) is 7.00. The predicted octanol–water partition coefficient (Wildman–Crippen LogP) is 2.89. The first kappa shape index (κ1) is 13.5. The van der Waals surface area contributed by atoms with Crippen molar-refractivity contribution in [3.05, 3.63) is 35.4 Å². The standard InChI is InChI=1S/C15H18F2N2O/c1-3-15(2)9-18-7-6-13(19(18)14(15)20)10-4-5-11(16)12(17)8-10/h4-5,8,13H,3,6-7,9H2,1-2H3/t13-,15-/m1/s1. The second-order valence-electron chi connectivity index (χ2n) is 5.93. The molecule has 0 spiro atoms. The maximum absolute atomic E-state index is 13.4. The molecule has 3 rings (SSSR count). The Balaban J connectivity index is 1.93. The molecular formula is C15H18F2N2O. The molecule has 0 saturated carbocycles. The van der Waals surface area contributed by atoms with Gasteiger partial charge in [-0.15, -0.1) is 0 Å². The van der Waals surface area contributed by atoms with Crippen LogP contribution in [0.25, 0.3) is 0 Å².